The fourth-order valence-corrected chi connectivity index (χ4v) is 3.31. The topological polar surface area (TPSA) is 49.3 Å². The SMILES string of the molecule is CC(C)CCSCC(=O)NCC1CCCC(O)C1. The lowest BCUT2D eigenvalue weighted by Crippen LogP contribution is -2.33. The van der Waals surface area contributed by atoms with E-state index in [1.807, 2.05) is 0 Å². The number of carbonyl (C=O) groups excluding carboxylic acids is 1. The number of aliphatic hydroxyl groups excluding tert-OH is 1. The second-order valence-corrected chi connectivity index (χ2v) is 6.83. The van der Waals surface area contributed by atoms with Crippen LogP contribution in [0, 0.1) is 11.8 Å². The molecule has 1 aliphatic carbocycles. The predicted molar refractivity (Wildman–Crippen MR) is 77.8 cm³/mol. The van der Waals surface area contributed by atoms with Crippen LogP contribution in [-0.2, 0) is 4.79 Å². The molecule has 106 valence electrons. The van der Waals surface area contributed by atoms with Gasteiger partial charge in [0, 0.05) is 6.54 Å². The van der Waals surface area contributed by atoms with Gasteiger partial charge in [0.05, 0.1) is 11.9 Å². The van der Waals surface area contributed by atoms with E-state index in [0.717, 1.165) is 38.0 Å². The molecule has 2 atom stereocenters. The smallest absolute Gasteiger partial charge is 0.230 e. The maximum atomic E-state index is 11.6. The van der Waals surface area contributed by atoms with Crippen molar-refractivity contribution in [3.05, 3.63) is 0 Å². The highest BCUT2D eigenvalue weighted by Crippen LogP contribution is 2.23. The molecule has 0 aliphatic heterocycles. The Kier molecular flexibility index (Phi) is 7.75. The number of thioether (sulfide) groups is 1. The number of hydrogen-bond donors (Lipinski definition) is 2. The van der Waals surface area contributed by atoms with E-state index in [1.165, 1.54) is 6.42 Å². The van der Waals surface area contributed by atoms with Gasteiger partial charge in [-0.25, -0.2) is 0 Å². The normalized spacial score (nSPS) is 24.2. The van der Waals surface area contributed by atoms with Crippen LogP contribution in [0.1, 0.15) is 46.0 Å². The van der Waals surface area contributed by atoms with Crippen LogP contribution in [0.2, 0.25) is 0 Å². The molecule has 18 heavy (non-hydrogen) atoms. The predicted octanol–water partition coefficient (Wildman–Crippen LogP) is 2.43. The maximum Gasteiger partial charge on any atom is 0.230 e. The minimum atomic E-state index is -0.152. The third kappa shape index (κ3) is 7.27. The molecule has 0 heterocycles. The summed E-state index contributed by atoms with van der Waals surface area (Å²) in [7, 11) is 0. The first kappa shape index (κ1) is 15.8. The first-order valence-electron chi connectivity index (χ1n) is 7.10. The zero-order chi connectivity index (χ0) is 13.4. The monoisotopic (exact) mass is 273 g/mol. The standard InChI is InChI=1S/C14H27NO2S/c1-11(2)6-7-18-10-14(17)15-9-12-4-3-5-13(16)8-12/h11-13,16H,3-10H2,1-2H3,(H,15,17). The fourth-order valence-electron chi connectivity index (χ4n) is 2.24. The van der Waals surface area contributed by atoms with Crippen LogP contribution < -0.4 is 5.32 Å². The summed E-state index contributed by atoms with van der Waals surface area (Å²) in [6, 6.07) is 0. The van der Waals surface area contributed by atoms with Crippen molar-refractivity contribution in [3.8, 4) is 0 Å². The second-order valence-electron chi connectivity index (χ2n) is 5.73. The van der Waals surface area contributed by atoms with Gasteiger partial charge in [-0.05, 0) is 43.3 Å². The third-order valence-electron chi connectivity index (χ3n) is 3.42. The van der Waals surface area contributed by atoms with Crippen molar-refractivity contribution in [1.82, 2.24) is 5.32 Å². The lowest BCUT2D eigenvalue weighted by atomic mass is 9.87. The number of hydrogen-bond acceptors (Lipinski definition) is 3. The first-order chi connectivity index (χ1) is 8.58. The summed E-state index contributed by atoms with van der Waals surface area (Å²) in [5.41, 5.74) is 0. The van der Waals surface area contributed by atoms with Crippen molar-refractivity contribution in [1.29, 1.82) is 0 Å². The molecule has 1 aliphatic rings. The molecule has 1 saturated carbocycles. The van der Waals surface area contributed by atoms with E-state index in [4.69, 9.17) is 0 Å². The average Bonchev–Trinajstić information content (AvgIpc) is 2.32. The molecule has 1 amide bonds. The number of nitrogens with one attached hydrogen (secondary N) is 1. The van der Waals surface area contributed by atoms with Gasteiger partial charge in [0.1, 0.15) is 0 Å². The van der Waals surface area contributed by atoms with E-state index in [2.05, 4.69) is 19.2 Å². The van der Waals surface area contributed by atoms with E-state index in [1.54, 1.807) is 11.8 Å². The highest BCUT2D eigenvalue weighted by atomic mass is 32.2. The summed E-state index contributed by atoms with van der Waals surface area (Å²) in [5, 5.41) is 12.5. The molecule has 2 unspecified atom stereocenters. The van der Waals surface area contributed by atoms with Crippen molar-refractivity contribution in [3.63, 3.8) is 0 Å². The summed E-state index contributed by atoms with van der Waals surface area (Å²) in [6.45, 7) is 5.14. The molecule has 0 aromatic rings. The Bertz CT molecular complexity index is 246. The Morgan fingerprint density at radius 2 is 2.22 bits per heavy atom. The number of amides is 1. The first-order valence-corrected chi connectivity index (χ1v) is 8.26. The Labute approximate surface area is 115 Å². The molecule has 0 aromatic heterocycles. The average molecular weight is 273 g/mol. The molecule has 4 heteroatoms. The van der Waals surface area contributed by atoms with Gasteiger partial charge in [0.2, 0.25) is 5.91 Å². The summed E-state index contributed by atoms with van der Waals surface area (Å²) < 4.78 is 0. The highest BCUT2D eigenvalue weighted by Gasteiger charge is 2.20. The summed E-state index contributed by atoms with van der Waals surface area (Å²) >= 11 is 1.72. The van der Waals surface area contributed by atoms with E-state index in [9.17, 15) is 9.90 Å². The number of aliphatic hydroxyl groups is 1. The molecule has 1 rings (SSSR count). The highest BCUT2D eigenvalue weighted by molar-refractivity contribution is 7.99. The molecule has 0 spiro atoms. The van der Waals surface area contributed by atoms with E-state index >= 15 is 0 Å². The third-order valence-corrected chi connectivity index (χ3v) is 4.41. The van der Waals surface area contributed by atoms with Crippen molar-refractivity contribution in [2.24, 2.45) is 11.8 Å². The fraction of sp³-hybridized carbons (Fsp3) is 0.929. The van der Waals surface area contributed by atoms with Crippen LogP contribution >= 0.6 is 11.8 Å². The zero-order valence-corrected chi connectivity index (χ0v) is 12.5. The van der Waals surface area contributed by atoms with Crippen molar-refractivity contribution in [2.45, 2.75) is 52.1 Å². The Morgan fingerprint density at radius 1 is 1.44 bits per heavy atom. The Hall–Kier alpha value is -0.220. The molecule has 0 saturated heterocycles. The lowest BCUT2D eigenvalue weighted by Gasteiger charge is -2.25. The van der Waals surface area contributed by atoms with Crippen LogP contribution in [0.15, 0.2) is 0 Å². The van der Waals surface area contributed by atoms with Gasteiger partial charge < -0.3 is 10.4 Å². The van der Waals surface area contributed by atoms with E-state index < -0.39 is 0 Å². The molecule has 1 fully saturated rings. The van der Waals surface area contributed by atoms with E-state index in [0.29, 0.717) is 17.6 Å². The quantitative estimate of drug-likeness (QED) is 0.700. The Balaban J connectivity index is 2.02. The van der Waals surface area contributed by atoms with Crippen LogP contribution in [-0.4, -0.2) is 35.2 Å². The minimum absolute atomic E-state index is 0.142. The van der Waals surface area contributed by atoms with Crippen LogP contribution in [0.3, 0.4) is 0 Å². The molecule has 0 radical (unpaired) electrons. The summed E-state index contributed by atoms with van der Waals surface area (Å²) in [5.74, 6) is 2.96. The second kappa shape index (κ2) is 8.81. The summed E-state index contributed by atoms with van der Waals surface area (Å²) in [6.07, 6.45) is 5.02. The van der Waals surface area contributed by atoms with Gasteiger partial charge in [-0.1, -0.05) is 20.3 Å². The van der Waals surface area contributed by atoms with Crippen molar-refractivity contribution < 1.29 is 9.90 Å². The van der Waals surface area contributed by atoms with Gasteiger partial charge >= 0.3 is 0 Å². The van der Waals surface area contributed by atoms with Gasteiger partial charge in [-0.2, -0.15) is 11.8 Å². The molecule has 0 aromatic carbocycles. The zero-order valence-electron chi connectivity index (χ0n) is 11.7. The minimum Gasteiger partial charge on any atom is -0.393 e. The molecule has 3 nitrogen and oxygen atoms in total. The number of rotatable bonds is 7. The van der Waals surface area contributed by atoms with Crippen LogP contribution in [0.25, 0.3) is 0 Å². The van der Waals surface area contributed by atoms with Gasteiger partial charge in [-0.3, -0.25) is 4.79 Å². The molecule has 2 N–H and O–H groups in total. The van der Waals surface area contributed by atoms with Crippen molar-refractivity contribution >= 4 is 17.7 Å². The van der Waals surface area contributed by atoms with Gasteiger partial charge in [0.15, 0.2) is 0 Å². The molecule has 0 bridgehead atoms. The van der Waals surface area contributed by atoms with E-state index in [-0.39, 0.29) is 12.0 Å². The van der Waals surface area contributed by atoms with Crippen LogP contribution in [0.4, 0.5) is 0 Å². The largest absolute Gasteiger partial charge is 0.393 e. The molecular formula is C14H27NO2S. The Morgan fingerprint density at radius 3 is 2.89 bits per heavy atom. The molecular weight excluding hydrogens is 246 g/mol. The number of carbonyl (C=O) groups is 1. The van der Waals surface area contributed by atoms with Crippen molar-refractivity contribution in [2.75, 3.05) is 18.1 Å². The van der Waals surface area contributed by atoms with Crippen LogP contribution in [0.5, 0.6) is 0 Å². The summed E-state index contributed by atoms with van der Waals surface area (Å²) in [4.78, 5) is 11.6. The van der Waals surface area contributed by atoms with Gasteiger partial charge in [-0.15, -0.1) is 0 Å². The lowest BCUT2D eigenvalue weighted by molar-refractivity contribution is -0.118. The van der Waals surface area contributed by atoms with Gasteiger partial charge in [0.25, 0.3) is 0 Å². The maximum absolute atomic E-state index is 11.6.